The number of carbonyl (C=O) groups excluding carboxylic acids is 2. The largest absolute Gasteiger partial charge is 0.491 e. The molecule has 0 N–H and O–H groups in total. The molecular formula is C18H21NO3S. The number of carbonyl (C=O) groups is 2. The second-order valence-corrected chi connectivity index (χ2v) is 6.61. The summed E-state index contributed by atoms with van der Waals surface area (Å²) in [5.41, 5.74) is 1.21. The first-order valence-corrected chi connectivity index (χ1v) is 8.59. The zero-order chi connectivity index (χ0) is 17.0. The lowest BCUT2D eigenvalue weighted by molar-refractivity contribution is -0.135. The smallest absolute Gasteiger partial charge is 0.268 e. The van der Waals surface area contributed by atoms with Gasteiger partial charge in [0.2, 0.25) is 0 Å². The van der Waals surface area contributed by atoms with Gasteiger partial charge in [0, 0.05) is 6.54 Å². The minimum absolute atomic E-state index is 0.0871. The molecule has 0 aromatic heterocycles. The minimum atomic E-state index is -0.261. The third-order valence-corrected chi connectivity index (χ3v) is 4.20. The van der Waals surface area contributed by atoms with Crippen LogP contribution in [0.1, 0.15) is 26.3 Å². The Balaban J connectivity index is 2.38. The fourth-order valence-corrected chi connectivity index (χ4v) is 3.23. The van der Waals surface area contributed by atoms with Crippen molar-refractivity contribution >= 4 is 29.1 Å². The highest BCUT2D eigenvalue weighted by Crippen LogP contribution is 2.36. The van der Waals surface area contributed by atoms with Crippen molar-refractivity contribution in [3.63, 3.8) is 0 Å². The predicted octanol–water partition coefficient (Wildman–Crippen LogP) is 3.49. The molecule has 0 spiro atoms. The molecular weight excluding hydrogens is 310 g/mol. The Labute approximate surface area is 141 Å². The van der Waals surface area contributed by atoms with Crippen molar-refractivity contribution in [2.45, 2.75) is 26.9 Å². The monoisotopic (exact) mass is 331 g/mol. The first-order chi connectivity index (χ1) is 11.0. The van der Waals surface area contributed by atoms with Crippen LogP contribution in [0, 0.1) is 0 Å². The maximum atomic E-state index is 12.6. The van der Waals surface area contributed by atoms with Crippen molar-refractivity contribution in [3.05, 3.63) is 47.4 Å². The Bertz CT molecular complexity index is 647. The quantitative estimate of drug-likeness (QED) is 0.567. The zero-order valence-corrected chi connectivity index (χ0v) is 14.5. The van der Waals surface area contributed by atoms with Crippen LogP contribution in [0.25, 0.3) is 5.57 Å². The number of thioether (sulfide) groups is 1. The third kappa shape index (κ3) is 3.67. The first kappa shape index (κ1) is 17.3. The van der Waals surface area contributed by atoms with Crippen LogP contribution in [0.3, 0.4) is 0 Å². The molecule has 1 aliphatic rings. The molecule has 1 aromatic rings. The van der Waals surface area contributed by atoms with E-state index in [0.29, 0.717) is 10.5 Å². The Hall–Kier alpha value is -2.01. The van der Waals surface area contributed by atoms with Crippen LogP contribution < -0.4 is 4.74 Å². The maximum absolute atomic E-state index is 12.6. The summed E-state index contributed by atoms with van der Waals surface area (Å²) in [7, 11) is 0. The van der Waals surface area contributed by atoms with Crippen molar-refractivity contribution in [3.8, 4) is 5.75 Å². The fourth-order valence-electron chi connectivity index (χ4n) is 2.35. The van der Waals surface area contributed by atoms with Crippen LogP contribution in [0.15, 0.2) is 41.8 Å². The van der Waals surface area contributed by atoms with E-state index in [2.05, 4.69) is 6.58 Å². The molecule has 0 bridgehead atoms. The van der Waals surface area contributed by atoms with Gasteiger partial charge >= 0.3 is 0 Å². The van der Waals surface area contributed by atoms with E-state index < -0.39 is 0 Å². The molecule has 0 saturated carbocycles. The number of benzene rings is 1. The van der Waals surface area contributed by atoms with Gasteiger partial charge in [0.25, 0.3) is 11.8 Å². The Kier molecular flexibility index (Phi) is 5.66. The summed E-state index contributed by atoms with van der Waals surface area (Å²) in [4.78, 5) is 26.8. The number of hydrogen-bond donors (Lipinski definition) is 0. The van der Waals surface area contributed by atoms with E-state index >= 15 is 0 Å². The molecule has 1 heterocycles. The van der Waals surface area contributed by atoms with Crippen LogP contribution in [0.5, 0.6) is 5.75 Å². The summed E-state index contributed by atoms with van der Waals surface area (Å²) < 4.78 is 5.62. The van der Waals surface area contributed by atoms with Crippen LogP contribution in [0.2, 0.25) is 0 Å². The predicted molar refractivity (Wildman–Crippen MR) is 94.2 cm³/mol. The Morgan fingerprint density at radius 3 is 2.39 bits per heavy atom. The van der Waals surface area contributed by atoms with E-state index in [1.807, 2.05) is 45.0 Å². The normalized spacial score (nSPS) is 14.9. The summed E-state index contributed by atoms with van der Waals surface area (Å²) in [6, 6.07) is 7.30. The van der Waals surface area contributed by atoms with E-state index in [0.717, 1.165) is 17.1 Å². The second-order valence-electron chi connectivity index (χ2n) is 5.34. The number of rotatable bonds is 7. The Morgan fingerprint density at radius 2 is 1.87 bits per heavy atom. The van der Waals surface area contributed by atoms with Gasteiger partial charge in [-0.3, -0.25) is 14.5 Å². The van der Waals surface area contributed by atoms with Crippen LogP contribution in [-0.2, 0) is 9.59 Å². The summed E-state index contributed by atoms with van der Waals surface area (Å²) in [6.07, 6.45) is 1.65. The SMILES string of the molecule is C=CCN1C(=O)C(SCC)=C(c2ccc(OC(C)C)cc2)C1=O. The first-order valence-electron chi connectivity index (χ1n) is 7.60. The Morgan fingerprint density at radius 1 is 1.22 bits per heavy atom. The van der Waals surface area contributed by atoms with Crippen molar-refractivity contribution < 1.29 is 14.3 Å². The minimum Gasteiger partial charge on any atom is -0.491 e. The molecule has 0 radical (unpaired) electrons. The van der Waals surface area contributed by atoms with Gasteiger partial charge in [-0.2, -0.15) is 0 Å². The molecule has 122 valence electrons. The van der Waals surface area contributed by atoms with Gasteiger partial charge in [0.05, 0.1) is 16.6 Å². The molecule has 2 rings (SSSR count). The number of amides is 2. The van der Waals surface area contributed by atoms with Crippen molar-refractivity contribution in [2.75, 3.05) is 12.3 Å². The third-order valence-electron chi connectivity index (χ3n) is 3.24. The molecule has 0 atom stereocenters. The molecule has 2 amide bonds. The summed E-state index contributed by atoms with van der Waals surface area (Å²) >= 11 is 1.40. The highest BCUT2D eigenvalue weighted by molar-refractivity contribution is 8.04. The van der Waals surface area contributed by atoms with Gasteiger partial charge in [-0.15, -0.1) is 18.3 Å². The lowest BCUT2D eigenvalue weighted by Crippen LogP contribution is -2.31. The summed E-state index contributed by atoms with van der Waals surface area (Å²) in [5, 5.41) is 0. The summed E-state index contributed by atoms with van der Waals surface area (Å²) in [5.74, 6) is 0.977. The average molecular weight is 331 g/mol. The van der Waals surface area contributed by atoms with E-state index in [4.69, 9.17) is 4.74 Å². The fraction of sp³-hybridized carbons (Fsp3) is 0.333. The average Bonchev–Trinajstić information content (AvgIpc) is 2.73. The standard InChI is InChI=1S/C18H21NO3S/c1-5-11-19-17(20)15(16(18(19)21)23-6-2)13-7-9-14(10-8-13)22-12(3)4/h5,7-10,12H,1,6,11H2,2-4H3. The highest BCUT2D eigenvalue weighted by Gasteiger charge is 2.38. The van der Waals surface area contributed by atoms with E-state index in [1.54, 1.807) is 6.08 Å². The lowest BCUT2D eigenvalue weighted by atomic mass is 10.1. The van der Waals surface area contributed by atoms with Crippen molar-refractivity contribution in [1.82, 2.24) is 4.90 Å². The number of ether oxygens (including phenoxy) is 1. The molecule has 1 aliphatic heterocycles. The molecule has 0 saturated heterocycles. The number of nitrogens with zero attached hydrogens (tertiary/aromatic N) is 1. The van der Waals surface area contributed by atoms with Gasteiger partial charge in [-0.05, 0) is 37.3 Å². The van der Waals surface area contributed by atoms with Gasteiger partial charge in [0.1, 0.15) is 5.75 Å². The van der Waals surface area contributed by atoms with Gasteiger partial charge in [-0.25, -0.2) is 0 Å². The maximum Gasteiger partial charge on any atom is 0.268 e. The van der Waals surface area contributed by atoms with Gasteiger partial charge in [0.15, 0.2) is 0 Å². The van der Waals surface area contributed by atoms with E-state index in [9.17, 15) is 9.59 Å². The topological polar surface area (TPSA) is 46.6 Å². The lowest BCUT2D eigenvalue weighted by Gasteiger charge is -2.12. The van der Waals surface area contributed by atoms with Crippen LogP contribution >= 0.6 is 11.8 Å². The molecule has 5 heteroatoms. The zero-order valence-electron chi connectivity index (χ0n) is 13.7. The summed E-state index contributed by atoms with van der Waals surface area (Å²) in [6.45, 7) is 9.71. The molecule has 0 aliphatic carbocycles. The molecule has 4 nitrogen and oxygen atoms in total. The number of imide groups is 1. The molecule has 0 unspecified atom stereocenters. The van der Waals surface area contributed by atoms with Crippen LogP contribution in [0.4, 0.5) is 0 Å². The van der Waals surface area contributed by atoms with Crippen molar-refractivity contribution in [2.24, 2.45) is 0 Å². The van der Waals surface area contributed by atoms with E-state index in [-0.39, 0.29) is 24.5 Å². The molecule has 0 fully saturated rings. The highest BCUT2D eigenvalue weighted by atomic mass is 32.2. The van der Waals surface area contributed by atoms with Crippen molar-refractivity contribution in [1.29, 1.82) is 0 Å². The second kappa shape index (κ2) is 7.51. The molecule has 1 aromatic carbocycles. The molecule has 23 heavy (non-hydrogen) atoms. The number of hydrogen-bond acceptors (Lipinski definition) is 4. The van der Waals surface area contributed by atoms with Crippen LogP contribution in [-0.4, -0.2) is 35.1 Å². The van der Waals surface area contributed by atoms with Gasteiger partial charge in [-0.1, -0.05) is 25.1 Å². The van der Waals surface area contributed by atoms with E-state index in [1.165, 1.54) is 16.7 Å². The van der Waals surface area contributed by atoms with Gasteiger partial charge < -0.3 is 4.74 Å².